The van der Waals surface area contributed by atoms with Crippen molar-refractivity contribution in [3.63, 3.8) is 0 Å². The first-order chi connectivity index (χ1) is 13.0. The molecule has 4 aliphatic carbocycles. The monoisotopic (exact) mass is 371 g/mol. The van der Waals surface area contributed by atoms with Crippen LogP contribution in [-0.4, -0.2) is 32.1 Å². The highest BCUT2D eigenvalue weighted by molar-refractivity contribution is 5.77. The molecule has 1 N–H and O–H groups in total. The van der Waals surface area contributed by atoms with Gasteiger partial charge in [-0.15, -0.1) is 0 Å². The van der Waals surface area contributed by atoms with E-state index in [1.807, 2.05) is 12.1 Å². The van der Waals surface area contributed by atoms with E-state index in [-0.39, 0.29) is 24.9 Å². The largest absolute Gasteiger partial charge is 0.484 e. The molecule has 0 radical (unpaired) electrons. The van der Waals surface area contributed by atoms with Crippen LogP contribution in [0.1, 0.15) is 44.1 Å². The molecule has 4 aliphatic rings. The standard InChI is InChI=1S/C22H29NO4/c1-26-21(25)9-15-2-4-19(5-3-15)27-13-20(24)23-14-22-10-16-6-17(11-22)8-18(7-16)12-22/h2-5,16-18H,6-14H2,1H3,(H,23,24). The van der Waals surface area contributed by atoms with E-state index in [0.29, 0.717) is 11.2 Å². The van der Waals surface area contributed by atoms with Gasteiger partial charge in [-0.05, 0) is 79.4 Å². The topological polar surface area (TPSA) is 64.6 Å². The number of benzene rings is 1. The number of carbonyl (C=O) groups is 2. The summed E-state index contributed by atoms with van der Waals surface area (Å²) in [6.45, 7) is 0.833. The fourth-order valence-corrected chi connectivity index (χ4v) is 5.93. The molecule has 0 spiro atoms. The first-order valence-corrected chi connectivity index (χ1v) is 10.1. The van der Waals surface area contributed by atoms with Gasteiger partial charge in [0.05, 0.1) is 13.5 Å². The summed E-state index contributed by atoms with van der Waals surface area (Å²) in [6.07, 6.45) is 8.38. The molecular formula is C22H29NO4. The highest BCUT2D eigenvalue weighted by Gasteiger charge is 2.50. The minimum Gasteiger partial charge on any atom is -0.484 e. The van der Waals surface area contributed by atoms with Crippen LogP contribution in [0.3, 0.4) is 0 Å². The molecule has 4 bridgehead atoms. The molecule has 1 aromatic carbocycles. The minimum atomic E-state index is -0.271. The van der Waals surface area contributed by atoms with Crippen molar-refractivity contribution in [3.8, 4) is 5.75 Å². The van der Waals surface area contributed by atoms with Crippen molar-refractivity contribution in [3.05, 3.63) is 29.8 Å². The third kappa shape index (κ3) is 4.28. The first kappa shape index (κ1) is 18.3. The van der Waals surface area contributed by atoms with Gasteiger partial charge in [-0.3, -0.25) is 9.59 Å². The molecule has 1 amide bonds. The molecule has 0 atom stereocenters. The molecule has 5 rings (SSSR count). The lowest BCUT2D eigenvalue weighted by Gasteiger charge is -2.56. The van der Waals surface area contributed by atoms with Gasteiger partial charge in [-0.1, -0.05) is 12.1 Å². The van der Waals surface area contributed by atoms with Gasteiger partial charge in [0.1, 0.15) is 5.75 Å². The van der Waals surface area contributed by atoms with Gasteiger partial charge in [-0.2, -0.15) is 0 Å². The van der Waals surface area contributed by atoms with Crippen LogP contribution in [0.5, 0.6) is 5.75 Å². The van der Waals surface area contributed by atoms with Crippen molar-refractivity contribution >= 4 is 11.9 Å². The molecular weight excluding hydrogens is 342 g/mol. The molecule has 0 heterocycles. The molecule has 5 nitrogen and oxygen atoms in total. The van der Waals surface area contributed by atoms with Crippen molar-refractivity contribution in [1.82, 2.24) is 5.32 Å². The molecule has 5 heteroatoms. The van der Waals surface area contributed by atoms with Crippen molar-refractivity contribution in [1.29, 1.82) is 0 Å². The van der Waals surface area contributed by atoms with Crippen LogP contribution in [0.25, 0.3) is 0 Å². The average molecular weight is 371 g/mol. The van der Waals surface area contributed by atoms with Crippen LogP contribution in [-0.2, 0) is 20.7 Å². The van der Waals surface area contributed by atoms with Gasteiger partial charge < -0.3 is 14.8 Å². The van der Waals surface area contributed by atoms with E-state index in [4.69, 9.17) is 4.74 Å². The number of rotatable bonds is 7. The zero-order chi connectivity index (χ0) is 18.9. The second kappa shape index (κ2) is 7.53. The van der Waals surface area contributed by atoms with Gasteiger partial charge in [0.25, 0.3) is 5.91 Å². The summed E-state index contributed by atoms with van der Waals surface area (Å²) in [7, 11) is 1.38. The van der Waals surface area contributed by atoms with Gasteiger partial charge in [0, 0.05) is 6.54 Å². The Kier molecular flexibility index (Phi) is 5.11. The van der Waals surface area contributed by atoms with E-state index in [1.54, 1.807) is 12.1 Å². The molecule has 4 saturated carbocycles. The van der Waals surface area contributed by atoms with Gasteiger partial charge >= 0.3 is 5.97 Å². The SMILES string of the molecule is COC(=O)Cc1ccc(OCC(=O)NCC23CC4CC(CC(C4)C2)C3)cc1. The summed E-state index contributed by atoms with van der Waals surface area (Å²) >= 11 is 0. The maximum atomic E-state index is 12.3. The lowest BCUT2D eigenvalue weighted by atomic mass is 9.49. The highest BCUT2D eigenvalue weighted by Crippen LogP contribution is 2.59. The molecule has 1 aromatic rings. The lowest BCUT2D eigenvalue weighted by molar-refractivity contribution is -0.139. The molecule has 0 aliphatic heterocycles. The number of nitrogens with one attached hydrogen (secondary N) is 1. The molecule has 0 saturated heterocycles. The van der Waals surface area contributed by atoms with Crippen molar-refractivity contribution in [2.75, 3.05) is 20.3 Å². The Bertz CT molecular complexity index is 661. The average Bonchev–Trinajstić information content (AvgIpc) is 2.65. The number of hydrogen-bond acceptors (Lipinski definition) is 4. The van der Waals surface area contributed by atoms with Crippen molar-refractivity contribution < 1.29 is 19.1 Å². The predicted octanol–water partition coefficient (Wildman–Crippen LogP) is 3.11. The number of ether oxygens (including phenoxy) is 2. The highest BCUT2D eigenvalue weighted by atomic mass is 16.5. The molecule has 0 aromatic heterocycles. The Morgan fingerprint density at radius 2 is 1.63 bits per heavy atom. The van der Waals surface area contributed by atoms with Crippen LogP contribution in [0.4, 0.5) is 0 Å². The zero-order valence-electron chi connectivity index (χ0n) is 16.0. The van der Waals surface area contributed by atoms with Crippen LogP contribution < -0.4 is 10.1 Å². The quantitative estimate of drug-likeness (QED) is 0.748. The second-order valence-electron chi connectivity index (χ2n) is 8.88. The van der Waals surface area contributed by atoms with Crippen LogP contribution in [0.2, 0.25) is 0 Å². The Morgan fingerprint density at radius 3 is 2.19 bits per heavy atom. The summed E-state index contributed by atoms with van der Waals surface area (Å²) in [5.74, 6) is 3.00. The molecule has 0 unspecified atom stereocenters. The molecule has 4 fully saturated rings. The number of carbonyl (C=O) groups excluding carboxylic acids is 2. The Morgan fingerprint density at radius 1 is 1.04 bits per heavy atom. The number of esters is 1. The smallest absolute Gasteiger partial charge is 0.309 e. The Labute approximate surface area is 160 Å². The fraction of sp³-hybridized carbons (Fsp3) is 0.636. The summed E-state index contributed by atoms with van der Waals surface area (Å²) in [5.41, 5.74) is 1.21. The molecule has 146 valence electrons. The summed E-state index contributed by atoms with van der Waals surface area (Å²) in [6, 6.07) is 7.20. The first-order valence-electron chi connectivity index (χ1n) is 10.1. The van der Waals surface area contributed by atoms with Gasteiger partial charge in [0.2, 0.25) is 0 Å². The van der Waals surface area contributed by atoms with E-state index in [1.165, 1.54) is 45.6 Å². The van der Waals surface area contributed by atoms with E-state index >= 15 is 0 Å². The van der Waals surface area contributed by atoms with E-state index in [2.05, 4.69) is 10.1 Å². The normalized spacial score (nSPS) is 30.8. The van der Waals surface area contributed by atoms with Crippen molar-refractivity contribution in [2.45, 2.75) is 44.9 Å². The minimum absolute atomic E-state index is 0.0305. The third-order valence-corrected chi connectivity index (χ3v) is 6.70. The summed E-state index contributed by atoms with van der Waals surface area (Å²) < 4.78 is 10.3. The van der Waals surface area contributed by atoms with Gasteiger partial charge in [0.15, 0.2) is 6.61 Å². The zero-order valence-corrected chi connectivity index (χ0v) is 16.0. The fourth-order valence-electron chi connectivity index (χ4n) is 5.93. The number of hydrogen-bond donors (Lipinski definition) is 1. The van der Waals surface area contributed by atoms with E-state index in [9.17, 15) is 9.59 Å². The van der Waals surface area contributed by atoms with E-state index < -0.39 is 0 Å². The predicted molar refractivity (Wildman–Crippen MR) is 101 cm³/mol. The molecule has 27 heavy (non-hydrogen) atoms. The van der Waals surface area contributed by atoms with Crippen LogP contribution in [0.15, 0.2) is 24.3 Å². The maximum absolute atomic E-state index is 12.3. The summed E-state index contributed by atoms with van der Waals surface area (Å²) in [5, 5.41) is 3.13. The maximum Gasteiger partial charge on any atom is 0.309 e. The number of amides is 1. The van der Waals surface area contributed by atoms with Crippen LogP contribution in [0, 0.1) is 23.2 Å². The summed E-state index contributed by atoms with van der Waals surface area (Å²) in [4.78, 5) is 23.5. The van der Waals surface area contributed by atoms with Gasteiger partial charge in [-0.25, -0.2) is 0 Å². The van der Waals surface area contributed by atoms with Crippen LogP contribution >= 0.6 is 0 Å². The third-order valence-electron chi connectivity index (χ3n) is 6.70. The van der Waals surface area contributed by atoms with Crippen molar-refractivity contribution in [2.24, 2.45) is 23.2 Å². The Hall–Kier alpha value is -2.04. The lowest BCUT2D eigenvalue weighted by Crippen LogP contribution is -2.51. The second-order valence-corrected chi connectivity index (χ2v) is 8.88. The number of methoxy groups -OCH3 is 1. The van der Waals surface area contributed by atoms with E-state index in [0.717, 1.165) is 29.9 Å². The Balaban J connectivity index is 1.23.